The van der Waals surface area contributed by atoms with Crippen molar-refractivity contribution in [2.24, 2.45) is 5.10 Å². The summed E-state index contributed by atoms with van der Waals surface area (Å²) in [7, 11) is 0. The number of rotatable bonds is 5. The van der Waals surface area contributed by atoms with Gasteiger partial charge in [0.1, 0.15) is 5.75 Å². The number of hydrogen-bond acceptors (Lipinski definition) is 5. The minimum atomic E-state index is -0.928. The monoisotopic (exact) mass is 499 g/mol. The molecular formula is C22H15BrClN3O4. The maximum absolute atomic E-state index is 12.2. The third kappa shape index (κ3) is 6.77. The van der Waals surface area contributed by atoms with Crippen LogP contribution in [0.25, 0.3) is 0 Å². The second-order valence-electron chi connectivity index (χ2n) is 6.13. The lowest BCUT2D eigenvalue weighted by molar-refractivity contribution is -0.136. The number of amides is 2. The molecule has 0 bridgehead atoms. The number of benzene rings is 3. The van der Waals surface area contributed by atoms with Crippen molar-refractivity contribution in [3.63, 3.8) is 0 Å². The van der Waals surface area contributed by atoms with Gasteiger partial charge in [-0.05, 0) is 60.2 Å². The smallest absolute Gasteiger partial charge is 0.343 e. The number of anilines is 1. The minimum absolute atomic E-state index is 0.285. The Kier molecular flexibility index (Phi) is 7.53. The summed E-state index contributed by atoms with van der Waals surface area (Å²) in [4.78, 5) is 36.0. The van der Waals surface area contributed by atoms with Gasteiger partial charge in [0.05, 0.1) is 11.8 Å². The highest BCUT2D eigenvalue weighted by Gasteiger charge is 2.13. The normalized spacial score (nSPS) is 10.5. The van der Waals surface area contributed by atoms with E-state index in [2.05, 4.69) is 31.8 Å². The molecule has 0 radical (unpaired) electrons. The first-order chi connectivity index (χ1) is 14.9. The Morgan fingerprint density at radius 1 is 0.935 bits per heavy atom. The second kappa shape index (κ2) is 10.5. The van der Waals surface area contributed by atoms with Crippen LogP contribution in [-0.4, -0.2) is 24.0 Å². The average Bonchev–Trinajstić information content (AvgIpc) is 2.75. The first kappa shape index (κ1) is 22.2. The first-order valence-electron chi connectivity index (χ1n) is 8.88. The number of ether oxygens (including phenoxy) is 1. The Balaban J connectivity index is 1.56. The van der Waals surface area contributed by atoms with Crippen LogP contribution < -0.4 is 15.5 Å². The summed E-state index contributed by atoms with van der Waals surface area (Å²) in [6, 6.07) is 19.7. The van der Waals surface area contributed by atoms with Crippen LogP contribution in [0, 0.1) is 0 Å². The van der Waals surface area contributed by atoms with Gasteiger partial charge in [0.15, 0.2) is 0 Å². The van der Waals surface area contributed by atoms with Crippen LogP contribution in [0.5, 0.6) is 5.75 Å². The van der Waals surface area contributed by atoms with E-state index in [1.54, 1.807) is 66.7 Å². The molecule has 3 rings (SSSR count). The molecule has 0 saturated heterocycles. The SMILES string of the molecule is O=C(N/N=C/c1cccc(OC(=O)c2cccc(Cl)c2)c1)C(=O)Nc1ccc(Br)cc1. The van der Waals surface area contributed by atoms with E-state index in [1.165, 1.54) is 12.3 Å². The molecule has 7 nitrogen and oxygen atoms in total. The lowest BCUT2D eigenvalue weighted by Crippen LogP contribution is -2.32. The number of hydrogen-bond donors (Lipinski definition) is 2. The van der Waals surface area contributed by atoms with Gasteiger partial charge in [0.2, 0.25) is 0 Å². The van der Waals surface area contributed by atoms with Crippen molar-refractivity contribution in [3.8, 4) is 5.75 Å². The number of nitrogens with zero attached hydrogens (tertiary/aromatic N) is 1. The molecule has 0 saturated carbocycles. The Hall–Kier alpha value is -3.49. The molecule has 3 aromatic rings. The molecule has 0 heterocycles. The number of esters is 1. The van der Waals surface area contributed by atoms with E-state index < -0.39 is 17.8 Å². The maximum atomic E-state index is 12.2. The third-order valence-corrected chi connectivity index (χ3v) is 4.58. The van der Waals surface area contributed by atoms with Gasteiger partial charge in [0.25, 0.3) is 0 Å². The van der Waals surface area contributed by atoms with E-state index in [1.807, 2.05) is 0 Å². The van der Waals surface area contributed by atoms with Crippen molar-refractivity contribution in [2.75, 3.05) is 5.32 Å². The standard InChI is InChI=1S/C22H15BrClN3O4/c23-16-7-9-18(10-8-16)26-20(28)21(29)27-25-13-14-3-1-6-19(11-14)31-22(30)15-4-2-5-17(24)12-15/h1-13H,(H,26,28)(H,27,29)/b25-13+. The second-order valence-corrected chi connectivity index (χ2v) is 7.48. The average molecular weight is 501 g/mol. The summed E-state index contributed by atoms with van der Waals surface area (Å²) in [5, 5.41) is 6.64. The van der Waals surface area contributed by atoms with Gasteiger partial charge in [-0.3, -0.25) is 9.59 Å². The van der Waals surface area contributed by atoms with Crippen molar-refractivity contribution in [1.29, 1.82) is 0 Å². The molecule has 2 N–H and O–H groups in total. The molecule has 0 aliphatic carbocycles. The molecule has 0 aliphatic heterocycles. The fraction of sp³-hybridized carbons (Fsp3) is 0. The summed E-state index contributed by atoms with van der Waals surface area (Å²) in [5.41, 5.74) is 3.48. The fourth-order valence-corrected chi connectivity index (χ4v) is 2.83. The van der Waals surface area contributed by atoms with Gasteiger partial charge >= 0.3 is 17.8 Å². The maximum Gasteiger partial charge on any atom is 0.343 e. The number of carbonyl (C=O) groups is 3. The zero-order valence-electron chi connectivity index (χ0n) is 15.8. The van der Waals surface area contributed by atoms with Crippen molar-refractivity contribution in [1.82, 2.24) is 5.43 Å². The van der Waals surface area contributed by atoms with Gasteiger partial charge in [-0.2, -0.15) is 5.10 Å². The van der Waals surface area contributed by atoms with Gasteiger partial charge in [-0.15, -0.1) is 0 Å². The van der Waals surface area contributed by atoms with Gasteiger partial charge in [0, 0.05) is 15.2 Å². The van der Waals surface area contributed by atoms with E-state index in [4.69, 9.17) is 16.3 Å². The highest BCUT2D eigenvalue weighted by molar-refractivity contribution is 9.10. The molecule has 156 valence electrons. The molecule has 0 aromatic heterocycles. The predicted octanol–water partition coefficient (Wildman–Crippen LogP) is 4.41. The Labute approximate surface area is 191 Å². The van der Waals surface area contributed by atoms with Gasteiger partial charge in [-0.1, -0.05) is 45.7 Å². The molecule has 9 heteroatoms. The molecule has 0 fully saturated rings. The Morgan fingerprint density at radius 3 is 2.42 bits per heavy atom. The molecular weight excluding hydrogens is 486 g/mol. The summed E-state index contributed by atoms with van der Waals surface area (Å²) in [6.45, 7) is 0. The summed E-state index contributed by atoms with van der Waals surface area (Å²) in [5.74, 6) is -2.06. The van der Waals surface area contributed by atoms with E-state index in [0.29, 0.717) is 21.8 Å². The quantitative estimate of drug-likeness (QED) is 0.178. The van der Waals surface area contributed by atoms with Gasteiger partial charge in [-0.25, -0.2) is 10.2 Å². The fourth-order valence-electron chi connectivity index (χ4n) is 2.38. The molecule has 0 spiro atoms. The lowest BCUT2D eigenvalue weighted by atomic mass is 10.2. The minimum Gasteiger partial charge on any atom is -0.423 e. The highest BCUT2D eigenvalue weighted by Crippen LogP contribution is 2.17. The van der Waals surface area contributed by atoms with Crippen LogP contribution >= 0.6 is 27.5 Å². The first-order valence-corrected chi connectivity index (χ1v) is 10.1. The Morgan fingerprint density at radius 2 is 1.68 bits per heavy atom. The zero-order chi connectivity index (χ0) is 22.2. The van der Waals surface area contributed by atoms with Crippen LogP contribution in [0.15, 0.2) is 82.4 Å². The highest BCUT2D eigenvalue weighted by atomic mass is 79.9. The number of nitrogens with one attached hydrogen (secondary N) is 2. The van der Waals surface area contributed by atoms with Crippen molar-refractivity contribution in [3.05, 3.63) is 93.4 Å². The third-order valence-electron chi connectivity index (χ3n) is 3.82. The summed E-state index contributed by atoms with van der Waals surface area (Å²) < 4.78 is 6.17. The number of carbonyl (C=O) groups excluding carboxylic acids is 3. The van der Waals surface area contributed by atoms with Crippen LogP contribution in [0.1, 0.15) is 15.9 Å². The Bertz CT molecular complexity index is 1150. The van der Waals surface area contributed by atoms with E-state index in [-0.39, 0.29) is 5.75 Å². The van der Waals surface area contributed by atoms with Crippen LogP contribution in [-0.2, 0) is 9.59 Å². The zero-order valence-corrected chi connectivity index (χ0v) is 18.2. The molecule has 3 aromatic carbocycles. The van der Waals surface area contributed by atoms with E-state index >= 15 is 0 Å². The van der Waals surface area contributed by atoms with Crippen molar-refractivity contribution in [2.45, 2.75) is 0 Å². The molecule has 2 amide bonds. The summed E-state index contributed by atoms with van der Waals surface area (Å²) in [6.07, 6.45) is 1.32. The predicted molar refractivity (Wildman–Crippen MR) is 121 cm³/mol. The number of halogens is 2. The van der Waals surface area contributed by atoms with E-state index in [0.717, 1.165) is 4.47 Å². The van der Waals surface area contributed by atoms with Crippen molar-refractivity contribution >= 4 is 57.2 Å². The van der Waals surface area contributed by atoms with E-state index in [9.17, 15) is 14.4 Å². The molecule has 0 aliphatic rings. The molecule has 0 unspecified atom stereocenters. The molecule has 31 heavy (non-hydrogen) atoms. The van der Waals surface area contributed by atoms with Crippen LogP contribution in [0.3, 0.4) is 0 Å². The molecule has 0 atom stereocenters. The lowest BCUT2D eigenvalue weighted by Gasteiger charge is -2.05. The topological polar surface area (TPSA) is 96.9 Å². The van der Waals surface area contributed by atoms with Gasteiger partial charge < -0.3 is 10.1 Å². The summed E-state index contributed by atoms with van der Waals surface area (Å²) >= 11 is 9.17. The largest absolute Gasteiger partial charge is 0.423 e. The number of hydrazone groups is 1. The van der Waals surface area contributed by atoms with Crippen LogP contribution in [0.4, 0.5) is 5.69 Å². The van der Waals surface area contributed by atoms with Crippen LogP contribution in [0.2, 0.25) is 5.02 Å². The van der Waals surface area contributed by atoms with Crippen molar-refractivity contribution < 1.29 is 19.1 Å².